The van der Waals surface area contributed by atoms with Crippen molar-refractivity contribution >= 4 is 14.6 Å². The number of carbonyl (C=O) groups is 1. The molecule has 1 aromatic rings. The largest absolute Gasteiger partial charge is 0.541 e. The van der Waals surface area contributed by atoms with E-state index in [2.05, 4.69) is 0 Å². The molecule has 0 aliphatic carbocycles. The summed E-state index contributed by atoms with van der Waals surface area (Å²) in [5, 5.41) is -0.131. The van der Waals surface area contributed by atoms with Crippen molar-refractivity contribution < 1.29 is 18.0 Å². The molecule has 0 unspecified atom stereocenters. The second-order valence-corrected chi connectivity index (χ2v) is 10.5. The van der Waals surface area contributed by atoms with Crippen LogP contribution in [-0.2, 0) is 0 Å². The van der Waals surface area contributed by atoms with Crippen LogP contribution in [0.5, 0.6) is 5.75 Å². The summed E-state index contributed by atoms with van der Waals surface area (Å²) in [5.41, 5.74) is -0.0858. The van der Waals surface area contributed by atoms with Gasteiger partial charge in [0.05, 0.1) is 5.56 Å². The molecule has 0 aliphatic heterocycles. The van der Waals surface area contributed by atoms with E-state index < -0.39 is 20.0 Å². The van der Waals surface area contributed by atoms with E-state index in [9.17, 15) is 13.6 Å². The number of aldehydes is 1. The fraction of sp³-hybridized carbons (Fsp3) is 0.462. The lowest BCUT2D eigenvalue weighted by Crippen LogP contribution is -2.44. The Morgan fingerprint density at radius 1 is 1.22 bits per heavy atom. The van der Waals surface area contributed by atoms with Crippen molar-refractivity contribution in [1.82, 2.24) is 0 Å². The first kappa shape index (κ1) is 14.8. The highest BCUT2D eigenvalue weighted by atomic mass is 28.4. The molecule has 5 heteroatoms. The first-order valence-corrected chi connectivity index (χ1v) is 8.62. The van der Waals surface area contributed by atoms with E-state index in [1.54, 1.807) is 0 Å². The molecule has 18 heavy (non-hydrogen) atoms. The second-order valence-electron chi connectivity index (χ2n) is 5.79. The smallest absolute Gasteiger partial charge is 0.250 e. The topological polar surface area (TPSA) is 26.3 Å². The number of rotatable bonds is 3. The number of benzene rings is 1. The normalized spacial score (nSPS) is 12.4. The SMILES string of the molecule is CC(C)(C)[Si](C)(C)Oc1c(F)cc(F)cc1C=O. The maximum absolute atomic E-state index is 13.7. The van der Waals surface area contributed by atoms with Gasteiger partial charge in [-0.3, -0.25) is 4.79 Å². The van der Waals surface area contributed by atoms with Crippen LogP contribution < -0.4 is 4.43 Å². The molecule has 0 bridgehead atoms. The van der Waals surface area contributed by atoms with Crippen molar-refractivity contribution in [2.24, 2.45) is 0 Å². The van der Waals surface area contributed by atoms with Gasteiger partial charge >= 0.3 is 0 Å². The van der Waals surface area contributed by atoms with Gasteiger partial charge in [-0.2, -0.15) is 0 Å². The fourth-order valence-corrected chi connectivity index (χ4v) is 2.22. The lowest BCUT2D eigenvalue weighted by atomic mass is 10.2. The lowest BCUT2D eigenvalue weighted by molar-refractivity contribution is 0.112. The molecule has 0 aliphatic rings. The molecule has 0 fully saturated rings. The van der Waals surface area contributed by atoms with Crippen LogP contribution >= 0.6 is 0 Å². The zero-order chi connectivity index (χ0) is 14.1. The third-order valence-corrected chi connectivity index (χ3v) is 7.65. The van der Waals surface area contributed by atoms with Crippen molar-refractivity contribution in [3.8, 4) is 5.75 Å². The summed E-state index contributed by atoms with van der Waals surface area (Å²) >= 11 is 0. The summed E-state index contributed by atoms with van der Waals surface area (Å²) in [5.74, 6) is -1.75. The Morgan fingerprint density at radius 3 is 2.22 bits per heavy atom. The van der Waals surface area contributed by atoms with Crippen LogP contribution in [0.25, 0.3) is 0 Å². The van der Waals surface area contributed by atoms with E-state index in [-0.39, 0.29) is 16.4 Å². The minimum absolute atomic E-state index is 0.0858. The molecule has 0 aromatic heterocycles. The Balaban J connectivity index is 3.23. The molecular weight excluding hydrogens is 254 g/mol. The highest BCUT2D eigenvalue weighted by Gasteiger charge is 2.40. The monoisotopic (exact) mass is 272 g/mol. The van der Waals surface area contributed by atoms with Crippen LogP contribution in [0.3, 0.4) is 0 Å². The summed E-state index contributed by atoms with van der Waals surface area (Å²) in [6.07, 6.45) is 0.411. The molecule has 2 nitrogen and oxygen atoms in total. The van der Waals surface area contributed by atoms with E-state index in [1.165, 1.54) is 0 Å². The highest BCUT2D eigenvalue weighted by molar-refractivity contribution is 6.74. The standard InChI is InChI=1S/C13H18F2O2Si/c1-13(2,3)18(4,5)17-12-9(8-16)6-10(14)7-11(12)15/h6-8H,1-5H3. The van der Waals surface area contributed by atoms with E-state index in [0.717, 1.165) is 12.1 Å². The average Bonchev–Trinajstić information content (AvgIpc) is 2.19. The third kappa shape index (κ3) is 2.96. The lowest BCUT2D eigenvalue weighted by Gasteiger charge is -2.36. The molecule has 0 radical (unpaired) electrons. The Bertz CT molecular complexity index is 465. The minimum atomic E-state index is -2.26. The third-order valence-electron chi connectivity index (χ3n) is 3.33. The summed E-state index contributed by atoms with van der Waals surface area (Å²) < 4.78 is 32.5. The molecular formula is C13H18F2O2Si. The van der Waals surface area contributed by atoms with Crippen molar-refractivity contribution in [3.05, 3.63) is 29.3 Å². The van der Waals surface area contributed by atoms with Gasteiger partial charge in [-0.1, -0.05) is 20.8 Å². The molecule has 0 N–H and O–H groups in total. The van der Waals surface area contributed by atoms with Crippen LogP contribution in [0.1, 0.15) is 31.1 Å². The average molecular weight is 272 g/mol. The van der Waals surface area contributed by atoms with Gasteiger partial charge in [0.25, 0.3) is 8.32 Å². The second kappa shape index (κ2) is 4.80. The predicted octanol–water partition coefficient (Wildman–Crippen LogP) is 4.16. The number of hydrogen-bond acceptors (Lipinski definition) is 2. The van der Waals surface area contributed by atoms with Crippen molar-refractivity contribution in [1.29, 1.82) is 0 Å². The van der Waals surface area contributed by atoms with Gasteiger partial charge in [0.2, 0.25) is 0 Å². The summed E-state index contributed by atoms with van der Waals surface area (Å²) in [6.45, 7) is 9.87. The van der Waals surface area contributed by atoms with Gasteiger partial charge in [-0.15, -0.1) is 0 Å². The van der Waals surface area contributed by atoms with Crippen LogP contribution in [0.15, 0.2) is 12.1 Å². The van der Waals surface area contributed by atoms with Crippen molar-refractivity contribution in [2.45, 2.75) is 38.9 Å². The van der Waals surface area contributed by atoms with E-state index in [1.807, 2.05) is 33.9 Å². The molecule has 0 saturated heterocycles. The van der Waals surface area contributed by atoms with Gasteiger partial charge in [0, 0.05) is 6.07 Å². The van der Waals surface area contributed by atoms with Gasteiger partial charge in [0.1, 0.15) is 5.82 Å². The molecule has 0 spiro atoms. The highest BCUT2D eigenvalue weighted by Crippen LogP contribution is 2.38. The van der Waals surface area contributed by atoms with Crippen LogP contribution in [0.4, 0.5) is 8.78 Å². The number of hydrogen-bond donors (Lipinski definition) is 0. The predicted molar refractivity (Wildman–Crippen MR) is 69.6 cm³/mol. The molecule has 1 rings (SSSR count). The van der Waals surface area contributed by atoms with Crippen LogP contribution in [0.2, 0.25) is 18.1 Å². The van der Waals surface area contributed by atoms with Gasteiger partial charge in [0.15, 0.2) is 17.9 Å². The fourth-order valence-electron chi connectivity index (χ4n) is 1.18. The van der Waals surface area contributed by atoms with E-state index in [4.69, 9.17) is 4.43 Å². The first-order chi connectivity index (χ1) is 8.08. The molecule has 0 heterocycles. The Hall–Kier alpha value is -1.23. The quantitative estimate of drug-likeness (QED) is 0.610. The van der Waals surface area contributed by atoms with Crippen molar-refractivity contribution in [3.63, 3.8) is 0 Å². The molecule has 100 valence electrons. The van der Waals surface area contributed by atoms with Crippen LogP contribution in [0, 0.1) is 11.6 Å². The summed E-state index contributed by atoms with van der Waals surface area (Å²) in [4.78, 5) is 10.9. The zero-order valence-corrected chi connectivity index (χ0v) is 12.3. The Kier molecular flexibility index (Phi) is 3.95. The number of halogens is 2. The van der Waals surface area contributed by atoms with Gasteiger partial charge < -0.3 is 4.43 Å². The first-order valence-electron chi connectivity index (χ1n) is 5.72. The molecule has 0 atom stereocenters. The minimum Gasteiger partial charge on any atom is -0.541 e. The molecule has 1 aromatic carbocycles. The maximum atomic E-state index is 13.7. The zero-order valence-electron chi connectivity index (χ0n) is 11.3. The van der Waals surface area contributed by atoms with Crippen molar-refractivity contribution in [2.75, 3.05) is 0 Å². The molecule has 0 saturated carbocycles. The van der Waals surface area contributed by atoms with Gasteiger partial charge in [-0.05, 0) is 24.2 Å². The maximum Gasteiger partial charge on any atom is 0.250 e. The van der Waals surface area contributed by atoms with E-state index >= 15 is 0 Å². The summed E-state index contributed by atoms with van der Waals surface area (Å²) in [7, 11) is -2.26. The number of carbonyl (C=O) groups excluding carboxylic acids is 1. The Labute approximate surface area is 107 Å². The van der Waals surface area contributed by atoms with E-state index in [0.29, 0.717) is 6.29 Å². The van der Waals surface area contributed by atoms with Crippen LogP contribution in [-0.4, -0.2) is 14.6 Å². The molecule has 0 amide bonds. The Morgan fingerprint density at radius 2 is 1.78 bits per heavy atom. The summed E-state index contributed by atoms with van der Waals surface area (Å²) in [6, 6.07) is 1.72. The van der Waals surface area contributed by atoms with Gasteiger partial charge in [-0.25, -0.2) is 8.78 Å².